The van der Waals surface area contributed by atoms with Crippen LogP contribution in [0.1, 0.15) is 54.6 Å². The molecule has 154 valence electrons. The van der Waals surface area contributed by atoms with E-state index in [1.165, 1.54) is 6.42 Å². The number of hydrogen-bond donors (Lipinski definition) is 1. The number of likely N-dealkylation sites (tertiary alicyclic amines) is 1. The van der Waals surface area contributed by atoms with Crippen molar-refractivity contribution >= 4 is 17.5 Å². The van der Waals surface area contributed by atoms with E-state index in [-0.39, 0.29) is 24.3 Å². The molecule has 1 aliphatic heterocycles. The minimum absolute atomic E-state index is 0.0764. The number of ether oxygens (including phenoxy) is 1. The summed E-state index contributed by atoms with van der Waals surface area (Å²) in [5, 5.41) is 2.96. The summed E-state index contributed by atoms with van der Waals surface area (Å²) in [6, 6.07) is 13.3. The van der Waals surface area contributed by atoms with Crippen molar-refractivity contribution in [3.05, 3.63) is 59.2 Å². The Morgan fingerprint density at radius 2 is 1.90 bits per heavy atom. The Bertz CT molecular complexity index is 861. The lowest BCUT2D eigenvalue weighted by molar-refractivity contribution is -0.115. The maximum Gasteiger partial charge on any atom is 0.254 e. The van der Waals surface area contributed by atoms with E-state index in [9.17, 15) is 9.59 Å². The fraction of sp³-hybridized carbons (Fsp3) is 0.417. The van der Waals surface area contributed by atoms with Crippen LogP contribution in [0, 0.1) is 6.92 Å². The molecule has 0 radical (unpaired) electrons. The molecule has 0 bridgehead atoms. The Labute approximate surface area is 173 Å². The fourth-order valence-corrected chi connectivity index (χ4v) is 3.75. The van der Waals surface area contributed by atoms with Gasteiger partial charge in [0, 0.05) is 23.8 Å². The summed E-state index contributed by atoms with van der Waals surface area (Å²) in [5.74, 6) is 0.796. The molecule has 5 nitrogen and oxygen atoms in total. The number of carbonyl (C=O) groups is 2. The van der Waals surface area contributed by atoms with Crippen LogP contribution in [0.4, 0.5) is 5.69 Å². The minimum Gasteiger partial charge on any atom is -0.494 e. The lowest BCUT2D eigenvalue weighted by Crippen LogP contribution is -2.42. The molecule has 1 atom stereocenters. The molecule has 1 unspecified atom stereocenters. The summed E-state index contributed by atoms with van der Waals surface area (Å²) < 4.78 is 5.43. The topological polar surface area (TPSA) is 58.6 Å². The molecular weight excluding hydrogens is 364 g/mol. The number of nitrogens with zero attached hydrogens (tertiary/aromatic N) is 1. The molecule has 2 aromatic rings. The van der Waals surface area contributed by atoms with Crippen LogP contribution in [0.5, 0.6) is 5.75 Å². The summed E-state index contributed by atoms with van der Waals surface area (Å²) in [6.07, 6.45) is 3.60. The number of anilines is 1. The van der Waals surface area contributed by atoms with Gasteiger partial charge in [-0.15, -0.1) is 0 Å². The van der Waals surface area contributed by atoms with Gasteiger partial charge in [0.25, 0.3) is 5.91 Å². The first-order valence-electron chi connectivity index (χ1n) is 10.4. The zero-order valence-electron chi connectivity index (χ0n) is 17.5. The van der Waals surface area contributed by atoms with Gasteiger partial charge in [0.2, 0.25) is 5.91 Å². The van der Waals surface area contributed by atoms with E-state index in [1.807, 2.05) is 61.2 Å². The van der Waals surface area contributed by atoms with Gasteiger partial charge in [-0.3, -0.25) is 9.59 Å². The average Bonchev–Trinajstić information content (AvgIpc) is 2.71. The normalized spacial score (nSPS) is 16.4. The second-order valence-corrected chi connectivity index (χ2v) is 7.67. The number of benzene rings is 2. The van der Waals surface area contributed by atoms with Crippen LogP contribution >= 0.6 is 0 Å². The summed E-state index contributed by atoms with van der Waals surface area (Å²) in [4.78, 5) is 27.2. The largest absolute Gasteiger partial charge is 0.494 e. The maximum absolute atomic E-state index is 12.8. The predicted molar refractivity (Wildman–Crippen MR) is 115 cm³/mol. The summed E-state index contributed by atoms with van der Waals surface area (Å²) in [5.41, 5.74) is 3.24. The molecule has 0 aliphatic carbocycles. The third-order valence-electron chi connectivity index (χ3n) is 5.41. The summed E-state index contributed by atoms with van der Waals surface area (Å²) in [7, 11) is 0. The van der Waals surface area contributed by atoms with Crippen LogP contribution in [-0.2, 0) is 11.2 Å². The van der Waals surface area contributed by atoms with Crippen molar-refractivity contribution in [2.24, 2.45) is 0 Å². The van der Waals surface area contributed by atoms with E-state index in [0.29, 0.717) is 12.2 Å². The first kappa shape index (κ1) is 20.9. The van der Waals surface area contributed by atoms with E-state index in [0.717, 1.165) is 42.0 Å². The van der Waals surface area contributed by atoms with Gasteiger partial charge < -0.3 is 15.0 Å². The molecule has 1 saturated heterocycles. The number of hydrogen-bond acceptors (Lipinski definition) is 3. The molecule has 0 spiro atoms. The molecule has 1 N–H and O–H groups in total. The average molecular weight is 395 g/mol. The lowest BCUT2D eigenvalue weighted by atomic mass is 10.0. The minimum atomic E-state index is -0.0824. The number of amides is 2. The highest BCUT2D eigenvalue weighted by atomic mass is 16.5. The molecule has 0 aromatic heterocycles. The quantitative estimate of drug-likeness (QED) is 0.780. The summed E-state index contributed by atoms with van der Waals surface area (Å²) >= 11 is 0. The standard InChI is InChI=1S/C24H30N2O3/c1-4-29-21-11-8-19(9-12-21)16-23(27)25-22-13-10-20(15-17(22)2)24(28)26-14-6-5-7-18(26)3/h8-13,15,18H,4-7,14,16H2,1-3H3,(H,25,27). The molecule has 3 rings (SSSR count). The molecule has 2 aromatic carbocycles. The number of nitrogens with one attached hydrogen (secondary N) is 1. The highest BCUT2D eigenvalue weighted by Gasteiger charge is 2.24. The van der Waals surface area contributed by atoms with Gasteiger partial charge >= 0.3 is 0 Å². The van der Waals surface area contributed by atoms with E-state index in [1.54, 1.807) is 0 Å². The molecule has 1 aliphatic rings. The number of piperidine rings is 1. The van der Waals surface area contributed by atoms with Gasteiger partial charge in [-0.2, -0.15) is 0 Å². The van der Waals surface area contributed by atoms with Crippen molar-refractivity contribution in [3.8, 4) is 5.75 Å². The smallest absolute Gasteiger partial charge is 0.254 e. The van der Waals surface area contributed by atoms with Gasteiger partial charge in [0.15, 0.2) is 0 Å². The highest BCUT2D eigenvalue weighted by Crippen LogP contribution is 2.22. The van der Waals surface area contributed by atoms with E-state index >= 15 is 0 Å². The lowest BCUT2D eigenvalue weighted by Gasteiger charge is -2.33. The molecule has 2 amide bonds. The zero-order valence-corrected chi connectivity index (χ0v) is 17.5. The van der Waals surface area contributed by atoms with Gasteiger partial charge in [0.05, 0.1) is 13.0 Å². The second-order valence-electron chi connectivity index (χ2n) is 7.67. The number of rotatable bonds is 6. The van der Waals surface area contributed by atoms with Gasteiger partial charge in [-0.1, -0.05) is 12.1 Å². The molecular formula is C24H30N2O3. The van der Waals surface area contributed by atoms with Crippen LogP contribution < -0.4 is 10.1 Å². The fourth-order valence-electron chi connectivity index (χ4n) is 3.75. The maximum atomic E-state index is 12.8. The van der Waals surface area contributed by atoms with Crippen molar-refractivity contribution in [3.63, 3.8) is 0 Å². The van der Waals surface area contributed by atoms with Crippen molar-refractivity contribution in [1.29, 1.82) is 0 Å². The third kappa shape index (κ3) is 5.37. The third-order valence-corrected chi connectivity index (χ3v) is 5.41. The van der Waals surface area contributed by atoms with Gasteiger partial charge in [-0.05, 0) is 81.5 Å². The molecule has 1 heterocycles. The van der Waals surface area contributed by atoms with Crippen LogP contribution in [0.25, 0.3) is 0 Å². The number of aryl methyl sites for hydroxylation is 1. The van der Waals surface area contributed by atoms with Crippen LogP contribution in [-0.4, -0.2) is 35.9 Å². The van der Waals surface area contributed by atoms with Crippen LogP contribution in [0.3, 0.4) is 0 Å². The Kier molecular flexibility index (Phi) is 6.91. The van der Waals surface area contributed by atoms with Gasteiger partial charge in [0.1, 0.15) is 5.75 Å². The summed E-state index contributed by atoms with van der Waals surface area (Å²) in [6.45, 7) is 7.41. The first-order chi connectivity index (χ1) is 14.0. The second kappa shape index (κ2) is 9.59. The Morgan fingerprint density at radius 1 is 1.14 bits per heavy atom. The van der Waals surface area contributed by atoms with Gasteiger partial charge in [-0.25, -0.2) is 0 Å². The highest BCUT2D eigenvalue weighted by molar-refractivity contribution is 5.97. The monoisotopic (exact) mass is 394 g/mol. The molecule has 1 fully saturated rings. The van der Waals surface area contributed by atoms with Crippen LogP contribution in [0.2, 0.25) is 0 Å². The van der Waals surface area contributed by atoms with Crippen LogP contribution in [0.15, 0.2) is 42.5 Å². The van der Waals surface area contributed by atoms with E-state index in [2.05, 4.69) is 12.2 Å². The van der Waals surface area contributed by atoms with E-state index in [4.69, 9.17) is 4.74 Å². The first-order valence-corrected chi connectivity index (χ1v) is 10.4. The SMILES string of the molecule is CCOc1ccc(CC(=O)Nc2ccc(C(=O)N3CCCCC3C)cc2C)cc1. The van der Waals surface area contributed by atoms with Crippen molar-refractivity contribution < 1.29 is 14.3 Å². The van der Waals surface area contributed by atoms with Crippen molar-refractivity contribution in [2.75, 3.05) is 18.5 Å². The Hall–Kier alpha value is -2.82. The molecule has 5 heteroatoms. The Morgan fingerprint density at radius 3 is 2.55 bits per heavy atom. The predicted octanol–water partition coefficient (Wildman–Crippen LogP) is 4.59. The molecule has 0 saturated carbocycles. The Balaban J connectivity index is 1.62. The zero-order chi connectivity index (χ0) is 20.8. The van der Waals surface area contributed by atoms with Crippen molar-refractivity contribution in [2.45, 2.75) is 52.5 Å². The van der Waals surface area contributed by atoms with E-state index < -0.39 is 0 Å². The molecule has 29 heavy (non-hydrogen) atoms. The number of carbonyl (C=O) groups excluding carboxylic acids is 2. The van der Waals surface area contributed by atoms with Crippen molar-refractivity contribution in [1.82, 2.24) is 4.90 Å².